The zero-order chi connectivity index (χ0) is 75.7. The zero-order valence-corrected chi connectivity index (χ0v) is 62.2. The van der Waals surface area contributed by atoms with E-state index < -0.39 is 81.0 Å². The highest BCUT2D eigenvalue weighted by atomic mass is 16.6. The Morgan fingerprint density at radius 2 is 0.845 bits per heavy atom. The number of benzene rings is 5. The molecular formula is C80H111N11O12. The third-order valence-electron chi connectivity index (χ3n) is 20.0. The van der Waals surface area contributed by atoms with E-state index >= 15 is 0 Å². The lowest BCUT2D eigenvalue weighted by Gasteiger charge is -2.43. The summed E-state index contributed by atoms with van der Waals surface area (Å²) in [7, 11) is 0. The normalized spacial score (nSPS) is 26.7. The van der Waals surface area contributed by atoms with Gasteiger partial charge in [-0.1, -0.05) is 135 Å². The second kappa shape index (κ2) is 38.4. The first-order valence-corrected chi connectivity index (χ1v) is 35.7. The first kappa shape index (κ1) is 83.6. The van der Waals surface area contributed by atoms with Crippen molar-refractivity contribution >= 4 is 23.8 Å². The largest absolute Gasteiger partial charge is 0.456 e. The van der Waals surface area contributed by atoms with Gasteiger partial charge in [-0.15, -0.1) is 0 Å². The van der Waals surface area contributed by atoms with Gasteiger partial charge in [0.2, 0.25) is 0 Å². The number of likely N-dealkylation sites (tertiary alicyclic amines) is 4. The van der Waals surface area contributed by atoms with Crippen molar-refractivity contribution in [2.45, 2.75) is 176 Å². The number of aliphatic hydroxyl groups excluding tert-OH is 4. The molecule has 0 spiro atoms. The Morgan fingerprint density at radius 1 is 0.505 bits per heavy atom. The highest BCUT2D eigenvalue weighted by Gasteiger charge is 2.44. The van der Waals surface area contributed by atoms with E-state index in [1.54, 1.807) is 6.92 Å². The van der Waals surface area contributed by atoms with Gasteiger partial charge >= 0.3 is 18.2 Å². The van der Waals surface area contributed by atoms with Crippen molar-refractivity contribution in [3.8, 4) is 18.2 Å². The molecule has 2 amide bonds. The van der Waals surface area contributed by atoms with E-state index in [4.69, 9.17) is 24.7 Å². The third kappa shape index (κ3) is 27.0. The lowest BCUT2D eigenvalue weighted by molar-refractivity contribution is -0.384. The van der Waals surface area contributed by atoms with Crippen LogP contribution in [-0.4, -0.2) is 183 Å². The standard InChI is InChI=1S/C21H21N3O4.C19H30N2O3.2C14H18N2O.C12H24N2O3/c1-21(15-22)11-12-23(13-16-5-3-2-4-6-16)14-19(21)28-20(25)17-7-9-18(10-8-17)24(26)27;1-18(2,3)24-17(23)20-14-19(4)10-11-21(13-16(19)22)12-15-8-6-5-7-9-15;2*1-14(11-15)7-8-16(10-13(14)17)9-12-5-3-2-4-6-12;1-11(2,3)17-10(16)14-8-12(4)5-6-13-7-9(12)15/h2-10,19H,11-14H2,1H3;5-9,16,22H,10-14H2,1-4H3,(H,20,23);2*2-6,13,17H,7-10H2,1H3;9,13,15H,5-8H2,1-4H3,(H,14,16)/t19-,21-;16-,19-;13-,14+;13-,14-;9-,12-/m00100/s1. The van der Waals surface area contributed by atoms with E-state index in [1.807, 2.05) is 154 Å². The molecule has 5 saturated heterocycles. The van der Waals surface area contributed by atoms with Crippen LogP contribution in [0.5, 0.6) is 0 Å². The van der Waals surface area contributed by atoms with Crippen molar-refractivity contribution in [1.29, 1.82) is 15.8 Å². The molecule has 558 valence electrons. The molecule has 0 radical (unpaired) electrons. The molecular weight excluding hydrogens is 1310 g/mol. The summed E-state index contributed by atoms with van der Waals surface area (Å²) in [5.41, 5.74) is 1.51. The Hall–Kier alpha value is -8.38. The van der Waals surface area contributed by atoms with Crippen molar-refractivity contribution < 1.29 is 53.9 Å². The van der Waals surface area contributed by atoms with E-state index in [0.29, 0.717) is 58.8 Å². The number of nitro groups is 1. The molecule has 5 heterocycles. The number of alkyl carbamates (subject to hydrolysis) is 2. The van der Waals surface area contributed by atoms with E-state index in [9.17, 15) is 50.2 Å². The van der Waals surface area contributed by atoms with Gasteiger partial charge in [-0.3, -0.25) is 29.7 Å². The number of hydrogen-bond acceptors (Lipinski definition) is 20. The maximum atomic E-state index is 12.5. The number of nitrogens with one attached hydrogen (secondary N) is 3. The van der Waals surface area contributed by atoms with Crippen LogP contribution in [-0.2, 0) is 40.4 Å². The van der Waals surface area contributed by atoms with Gasteiger partial charge < -0.3 is 50.6 Å². The molecule has 10 rings (SSSR count). The van der Waals surface area contributed by atoms with E-state index in [0.717, 1.165) is 83.6 Å². The number of amides is 2. The Labute approximate surface area is 609 Å². The highest BCUT2D eigenvalue weighted by molar-refractivity contribution is 5.89. The summed E-state index contributed by atoms with van der Waals surface area (Å²) in [6, 6.07) is 52.8. The van der Waals surface area contributed by atoms with Gasteiger partial charge in [0.15, 0.2) is 0 Å². The molecule has 0 bridgehead atoms. The van der Waals surface area contributed by atoms with Crippen LogP contribution in [0.2, 0.25) is 0 Å². The second-order valence-corrected chi connectivity index (χ2v) is 31.2. The Bertz CT molecular complexity index is 3510. The number of nitrogens with zero attached hydrogens (tertiary/aromatic N) is 8. The average Bonchev–Trinajstić information content (AvgIpc) is 0.825. The van der Waals surface area contributed by atoms with Gasteiger partial charge in [0.25, 0.3) is 5.69 Å². The number of nitro benzene ring substituents is 1. The maximum Gasteiger partial charge on any atom is 0.407 e. The van der Waals surface area contributed by atoms with E-state index in [2.05, 4.69) is 90.2 Å². The fourth-order valence-electron chi connectivity index (χ4n) is 12.4. The maximum absolute atomic E-state index is 12.5. The number of carbonyl (C=O) groups is 3. The molecule has 5 fully saturated rings. The lowest BCUT2D eigenvalue weighted by Crippen LogP contribution is -2.54. The van der Waals surface area contributed by atoms with Gasteiger partial charge in [-0.25, -0.2) is 14.4 Å². The molecule has 103 heavy (non-hydrogen) atoms. The smallest absolute Gasteiger partial charge is 0.407 e. The summed E-state index contributed by atoms with van der Waals surface area (Å²) >= 11 is 0. The average molecular weight is 1420 g/mol. The summed E-state index contributed by atoms with van der Waals surface area (Å²) in [5.74, 6) is -0.581. The van der Waals surface area contributed by atoms with Gasteiger partial charge in [0, 0.05) is 115 Å². The SMILES string of the molecule is CC(C)(C)OC(=O)NC[C@]1(C)CCN(Cc2ccccc2)C[C@@H]1O.CC(C)(C)OC(=O)NC[C@]1(C)CCNC[C@@H]1O.C[C@@]1(C#N)CCN(Cc2ccccc2)C[C@@H]1O.C[C@@]1(C#N)CCN(Cc2ccccc2)C[C@@H]1OC(=O)c1ccc([N+](=O)[O-])cc1.C[C@@]1(C#N)CCN(Cc2ccccc2)C[C@H]1O. The number of nitriles is 3. The Balaban J connectivity index is 0.000000206. The number of β-amino-alcohol motifs (C(OH)–C–C–N with tert-alkyl or cyclic N) is 4. The highest BCUT2D eigenvalue weighted by Crippen LogP contribution is 2.36. The molecule has 23 nitrogen and oxygen atoms in total. The van der Waals surface area contributed by atoms with Crippen molar-refractivity contribution in [1.82, 2.24) is 35.6 Å². The van der Waals surface area contributed by atoms with Crippen LogP contribution < -0.4 is 16.0 Å². The van der Waals surface area contributed by atoms with E-state index in [-0.39, 0.29) is 22.1 Å². The molecule has 5 aliphatic rings. The Morgan fingerprint density at radius 3 is 1.17 bits per heavy atom. The number of aliphatic hydroxyl groups is 4. The minimum Gasteiger partial charge on any atom is -0.456 e. The fraction of sp³-hybridized carbons (Fsp3) is 0.550. The number of ether oxygens (including phenoxy) is 3. The molecule has 0 saturated carbocycles. The molecule has 0 unspecified atom stereocenters. The van der Waals surface area contributed by atoms with Crippen molar-refractivity contribution in [3.05, 3.63) is 184 Å². The lowest BCUT2D eigenvalue weighted by atomic mass is 9.77. The summed E-state index contributed by atoms with van der Waals surface area (Å²) in [6.45, 7) is 31.7. The molecule has 10 atom stereocenters. The number of non-ortho nitro benzene ring substituents is 1. The van der Waals surface area contributed by atoms with Crippen LogP contribution in [0.25, 0.3) is 0 Å². The summed E-state index contributed by atoms with van der Waals surface area (Å²) in [5, 5.41) is 87.7. The predicted octanol–water partition coefficient (Wildman–Crippen LogP) is 10.8. The topological polar surface area (TPSA) is 323 Å². The molecule has 5 aliphatic heterocycles. The van der Waals surface area contributed by atoms with Crippen molar-refractivity contribution in [3.63, 3.8) is 0 Å². The van der Waals surface area contributed by atoms with Crippen LogP contribution >= 0.6 is 0 Å². The number of rotatable bonds is 15. The second-order valence-electron chi connectivity index (χ2n) is 31.2. The number of carbonyl (C=O) groups excluding carboxylic acids is 3. The first-order valence-electron chi connectivity index (χ1n) is 35.7. The molecule has 7 N–H and O–H groups in total. The molecule has 0 aromatic heterocycles. The summed E-state index contributed by atoms with van der Waals surface area (Å²) < 4.78 is 16.1. The number of piperidine rings is 5. The van der Waals surface area contributed by atoms with E-state index in [1.165, 1.54) is 41.0 Å². The first-order chi connectivity index (χ1) is 48.6. The summed E-state index contributed by atoms with van der Waals surface area (Å²) in [6.07, 6.45) is 0.264. The Kier molecular flexibility index (Phi) is 31.2. The molecule has 5 aromatic carbocycles. The minimum absolute atomic E-state index is 0.0925. The van der Waals surface area contributed by atoms with Crippen LogP contribution in [0.3, 0.4) is 0 Å². The number of esters is 1. The van der Waals surface area contributed by atoms with Gasteiger partial charge in [-0.2, -0.15) is 15.8 Å². The van der Waals surface area contributed by atoms with Crippen LogP contribution in [0.15, 0.2) is 146 Å². The van der Waals surface area contributed by atoms with Crippen molar-refractivity contribution in [2.75, 3.05) is 78.5 Å². The fourth-order valence-corrected chi connectivity index (χ4v) is 12.4. The zero-order valence-electron chi connectivity index (χ0n) is 62.2. The van der Waals surface area contributed by atoms with Gasteiger partial charge in [0.1, 0.15) is 17.3 Å². The van der Waals surface area contributed by atoms with Gasteiger partial charge in [-0.05, 0) is 142 Å². The monoisotopic (exact) mass is 1420 g/mol. The van der Waals surface area contributed by atoms with Crippen LogP contribution in [0.1, 0.15) is 141 Å². The molecule has 5 aromatic rings. The molecule has 23 heteroatoms. The minimum atomic E-state index is -0.774. The third-order valence-corrected chi connectivity index (χ3v) is 20.0. The van der Waals surface area contributed by atoms with Crippen LogP contribution in [0, 0.1) is 71.2 Å². The van der Waals surface area contributed by atoms with Crippen molar-refractivity contribution in [2.24, 2.45) is 27.1 Å². The quantitative estimate of drug-likeness (QED) is 0.0222. The molecule has 0 aliphatic carbocycles. The van der Waals surface area contributed by atoms with Crippen LogP contribution in [0.4, 0.5) is 15.3 Å². The summed E-state index contributed by atoms with van der Waals surface area (Å²) in [4.78, 5) is 55.0. The van der Waals surface area contributed by atoms with Gasteiger partial charge in [0.05, 0.1) is 69.4 Å². The predicted molar refractivity (Wildman–Crippen MR) is 395 cm³/mol. The number of hydrogen-bond donors (Lipinski definition) is 7.